The summed E-state index contributed by atoms with van der Waals surface area (Å²) in [6.07, 6.45) is 5.12. The molecule has 2 aromatic rings. The van der Waals surface area contributed by atoms with Crippen molar-refractivity contribution in [2.75, 3.05) is 18.6 Å². The van der Waals surface area contributed by atoms with Gasteiger partial charge in [-0.1, -0.05) is 24.6 Å². The molecule has 0 bridgehead atoms. The molecule has 8 heteroatoms. The van der Waals surface area contributed by atoms with E-state index in [0.29, 0.717) is 19.0 Å². The van der Waals surface area contributed by atoms with Crippen molar-refractivity contribution in [1.29, 1.82) is 0 Å². The van der Waals surface area contributed by atoms with E-state index in [4.69, 9.17) is 0 Å². The number of rotatable bonds is 8. The molecule has 1 aliphatic rings. The van der Waals surface area contributed by atoms with Gasteiger partial charge in [0, 0.05) is 37.5 Å². The number of carbonyl (C=O) groups is 1. The zero-order chi connectivity index (χ0) is 21.3. The average molecular weight is 556 g/mol. The third-order valence-corrected chi connectivity index (χ3v) is 5.87. The van der Waals surface area contributed by atoms with Gasteiger partial charge in [-0.15, -0.1) is 24.0 Å². The van der Waals surface area contributed by atoms with Gasteiger partial charge >= 0.3 is 0 Å². The molecule has 0 atom stereocenters. The number of amides is 1. The quantitative estimate of drug-likeness (QED) is 0.246. The van der Waals surface area contributed by atoms with E-state index in [-0.39, 0.29) is 41.6 Å². The number of hydrogen-bond acceptors (Lipinski definition) is 3. The summed E-state index contributed by atoms with van der Waals surface area (Å²) in [5, 5.41) is 9.59. The van der Waals surface area contributed by atoms with Crippen molar-refractivity contribution in [3.8, 4) is 0 Å². The molecule has 31 heavy (non-hydrogen) atoms. The first-order valence-corrected chi connectivity index (χ1v) is 11.6. The van der Waals surface area contributed by atoms with Crippen LogP contribution in [-0.2, 0) is 23.6 Å². The highest BCUT2D eigenvalue weighted by molar-refractivity contribution is 14.0. The Hall–Kier alpha value is -1.81. The van der Waals surface area contributed by atoms with Crippen LogP contribution >= 0.6 is 35.7 Å². The Morgan fingerprint density at radius 2 is 1.90 bits per heavy atom. The molecule has 1 aliphatic carbocycles. The summed E-state index contributed by atoms with van der Waals surface area (Å²) < 4.78 is 13.5. The molecule has 168 valence electrons. The number of anilines is 1. The molecule has 0 spiro atoms. The number of nitrogens with one attached hydrogen (secondary N) is 3. The van der Waals surface area contributed by atoms with Gasteiger partial charge in [-0.25, -0.2) is 4.39 Å². The number of carbonyl (C=O) groups excluding carboxylic acids is 1. The molecule has 1 saturated carbocycles. The molecule has 1 fully saturated rings. The second-order valence-electron chi connectivity index (χ2n) is 7.44. The first-order chi connectivity index (χ1) is 14.6. The van der Waals surface area contributed by atoms with Gasteiger partial charge < -0.3 is 16.0 Å². The van der Waals surface area contributed by atoms with Crippen molar-refractivity contribution in [3.05, 3.63) is 65.0 Å². The van der Waals surface area contributed by atoms with E-state index < -0.39 is 0 Å². The van der Waals surface area contributed by atoms with Crippen molar-refractivity contribution in [1.82, 2.24) is 10.6 Å². The Labute approximate surface area is 205 Å². The smallest absolute Gasteiger partial charge is 0.227 e. The fraction of sp³-hybridized carbons (Fsp3) is 0.391. The maximum absolute atomic E-state index is 13.5. The topological polar surface area (TPSA) is 65.5 Å². The Morgan fingerprint density at radius 1 is 1.13 bits per heavy atom. The van der Waals surface area contributed by atoms with Gasteiger partial charge in [-0.05, 0) is 60.1 Å². The lowest BCUT2D eigenvalue weighted by atomic mass is 9.85. The molecule has 0 saturated heterocycles. The fourth-order valence-corrected chi connectivity index (χ4v) is 3.90. The maximum atomic E-state index is 13.5. The minimum Gasteiger partial charge on any atom is -0.352 e. The number of aliphatic imine (C=N–C) groups is 1. The van der Waals surface area contributed by atoms with Crippen LogP contribution in [0.2, 0.25) is 0 Å². The molecule has 3 N–H and O–H groups in total. The first-order valence-electron chi connectivity index (χ1n) is 10.2. The SMILES string of the molecule is CN=C(NCc1cccc(NC(=O)C2CCC2)c1)NCc1ccc(F)cc1CSC.I. The highest BCUT2D eigenvalue weighted by Crippen LogP contribution is 2.27. The van der Waals surface area contributed by atoms with Crippen LogP contribution in [0, 0.1) is 11.7 Å². The molecule has 1 amide bonds. The zero-order valence-corrected chi connectivity index (χ0v) is 21.1. The monoisotopic (exact) mass is 556 g/mol. The molecule has 0 heterocycles. The van der Waals surface area contributed by atoms with Gasteiger partial charge in [0.25, 0.3) is 0 Å². The van der Waals surface area contributed by atoms with Crippen LogP contribution in [0.3, 0.4) is 0 Å². The zero-order valence-electron chi connectivity index (χ0n) is 17.9. The van der Waals surface area contributed by atoms with Crippen molar-refractivity contribution < 1.29 is 9.18 Å². The summed E-state index contributed by atoms with van der Waals surface area (Å²) in [6, 6.07) is 12.7. The second-order valence-corrected chi connectivity index (χ2v) is 8.31. The number of guanidine groups is 1. The van der Waals surface area contributed by atoms with E-state index in [1.165, 1.54) is 6.07 Å². The Bertz CT molecular complexity index is 905. The van der Waals surface area contributed by atoms with E-state index >= 15 is 0 Å². The average Bonchev–Trinajstić information content (AvgIpc) is 2.68. The molecule has 5 nitrogen and oxygen atoms in total. The summed E-state index contributed by atoms with van der Waals surface area (Å²) in [5.74, 6) is 1.49. The predicted octanol–water partition coefficient (Wildman–Crippen LogP) is 4.91. The largest absolute Gasteiger partial charge is 0.352 e. The van der Waals surface area contributed by atoms with E-state index in [1.807, 2.05) is 36.6 Å². The van der Waals surface area contributed by atoms with E-state index in [2.05, 4.69) is 20.9 Å². The van der Waals surface area contributed by atoms with Crippen molar-refractivity contribution in [3.63, 3.8) is 0 Å². The number of benzene rings is 2. The van der Waals surface area contributed by atoms with Crippen LogP contribution in [0.1, 0.15) is 36.0 Å². The van der Waals surface area contributed by atoms with Crippen LogP contribution in [-0.4, -0.2) is 25.2 Å². The molecule has 0 aromatic heterocycles. The summed E-state index contributed by atoms with van der Waals surface area (Å²) in [6.45, 7) is 1.14. The normalized spacial score (nSPS) is 13.7. The van der Waals surface area contributed by atoms with Crippen LogP contribution in [0.15, 0.2) is 47.5 Å². The summed E-state index contributed by atoms with van der Waals surface area (Å²) >= 11 is 1.67. The standard InChI is InChI=1S/C23H29FN4OS.HI/c1-25-23(27-14-18-9-10-20(24)12-19(18)15-30-2)26-13-16-5-3-8-21(11-16)28-22(29)17-6-4-7-17;/h3,5,8-12,17H,4,6-7,13-15H2,1-2H3,(H,28,29)(H2,25,26,27);1H. The van der Waals surface area contributed by atoms with Crippen molar-refractivity contribution in [2.45, 2.75) is 38.1 Å². The maximum Gasteiger partial charge on any atom is 0.227 e. The molecule has 3 rings (SSSR count). The number of hydrogen-bond donors (Lipinski definition) is 3. The fourth-order valence-electron chi connectivity index (χ4n) is 3.32. The summed E-state index contributed by atoms with van der Waals surface area (Å²) in [5.41, 5.74) is 3.91. The Kier molecular flexibility index (Phi) is 10.6. The number of halogens is 2. The van der Waals surface area contributed by atoms with E-state index in [9.17, 15) is 9.18 Å². The minimum absolute atomic E-state index is 0. The molecule has 0 radical (unpaired) electrons. The molecule has 0 aliphatic heterocycles. The van der Waals surface area contributed by atoms with Gasteiger partial charge in [0.05, 0.1) is 0 Å². The van der Waals surface area contributed by atoms with Crippen LogP contribution in [0.25, 0.3) is 0 Å². The van der Waals surface area contributed by atoms with Crippen molar-refractivity contribution >= 4 is 53.3 Å². The third kappa shape index (κ3) is 7.68. The highest BCUT2D eigenvalue weighted by atomic mass is 127. The van der Waals surface area contributed by atoms with E-state index in [1.54, 1.807) is 24.9 Å². The molecule has 2 aromatic carbocycles. The molecule has 0 unspecified atom stereocenters. The predicted molar refractivity (Wildman–Crippen MR) is 138 cm³/mol. The molecular formula is C23H30FIN4OS. The third-order valence-electron chi connectivity index (χ3n) is 5.27. The van der Waals surface area contributed by atoms with Crippen molar-refractivity contribution in [2.24, 2.45) is 10.9 Å². The Balaban J connectivity index is 0.00000341. The molecular weight excluding hydrogens is 526 g/mol. The Morgan fingerprint density at radius 3 is 2.58 bits per heavy atom. The van der Waals surface area contributed by atoms with Gasteiger partial charge in [-0.2, -0.15) is 11.8 Å². The van der Waals surface area contributed by atoms with Crippen LogP contribution in [0.4, 0.5) is 10.1 Å². The summed E-state index contributed by atoms with van der Waals surface area (Å²) in [7, 11) is 1.72. The van der Waals surface area contributed by atoms with Gasteiger partial charge in [0.2, 0.25) is 5.91 Å². The minimum atomic E-state index is -0.213. The van der Waals surface area contributed by atoms with E-state index in [0.717, 1.165) is 47.4 Å². The van der Waals surface area contributed by atoms with Crippen LogP contribution in [0.5, 0.6) is 0 Å². The number of thioether (sulfide) groups is 1. The van der Waals surface area contributed by atoms with Gasteiger partial charge in [-0.3, -0.25) is 9.79 Å². The summed E-state index contributed by atoms with van der Waals surface area (Å²) in [4.78, 5) is 16.4. The van der Waals surface area contributed by atoms with Gasteiger partial charge in [0.1, 0.15) is 5.82 Å². The van der Waals surface area contributed by atoms with Crippen LogP contribution < -0.4 is 16.0 Å². The second kappa shape index (κ2) is 12.9. The van der Waals surface area contributed by atoms with Gasteiger partial charge in [0.15, 0.2) is 5.96 Å². The first kappa shape index (κ1) is 25.5. The lowest BCUT2D eigenvalue weighted by molar-refractivity contribution is -0.122. The lowest BCUT2D eigenvalue weighted by Crippen LogP contribution is -2.36. The number of nitrogens with zero attached hydrogens (tertiary/aromatic N) is 1. The lowest BCUT2D eigenvalue weighted by Gasteiger charge is -2.24. The highest BCUT2D eigenvalue weighted by Gasteiger charge is 2.25.